The molecule has 1 aromatic rings. The Balaban J connectivity index is 2.02. The Labute approximate surface area is 118 Å². The number of morpholine rings is 1. The fourth-order valence-electron chi connectivity index (χ4n) is 2.24. The zero-order valence-corrected chi connectivity index (χ0v) is 11.9. The number of rotatable bonds is 4. The van der Waals surface area contributed by atoms with E-state index in [1.807, 2.05) is 0 Å². The van der Waals surface area contributed by atoms with E-state index in [9.17, 15) is 9.18 Å². The molecule has 1 aromatic carbocycles. The van der Waals surface area contributed by atoms with Crippen LogP contribution >= 0.6 is 0 Å². The van der Waals surface area contributed by atoms with Gasteiger partial charge in [0.1, 0.15) is 5.82 Å². The van der Waals surface area contributed by atoms with Crippen LogP contribution in [0.2, 0.25) is 0 Å². The molecule has 0 bridgehead atoms. The number of methoxy groups -OCH3 is 1. The van der Waals surface area contributed by atoms with Crippen molar-refractivity contribution in [2.24, 2.45) is 0 Å². The van der Waals surface area contributed by atoms with Gasteiger partial charge in [-0.15, -0.1) is 0 Å². The predicted octanol–water partition coefficient (Wildman–Crippen LogP) is 2.01. The predicted molar refractivity (Wildman–Crippen MR) is 73.3 cm³/mol. The van der Waals surface area contributed by atoms with E-state index in [2.05, 4.69) is 0 Å². The second-order valence-corrected chi connectivity index (χ2v) is 4.99. The summed E-state index contributed by atoms with van der Waals surface area (Å²) in [6, 6.07) is 4.60. The van der Waals surface area contributed by atoms with Crippen molar-refractivity contribution >= 4 is 5.91 Å². The normalized spacial score (nSPS) is 19.1. The number of hydrogen-bond acceptors (Lipinski definition) is 3. The first-order valence-corrected chi connectivity index (χ1v) is 6.77. The highest BCUT2D eigenvalue weighted by Crippen LogP contribution is 2.15. The summed E-state index contributed by atoms with van der Waals surface area (Å²) in [7, 11) is 1.64. The van der Waals surface area contributed by atoms with Crippen LogP contribution in [0.1, 0.15) is 22.3 Å². The van der Waals surface area contributed by atoms with Gasteiger partial charge in [-0.2, -0.15) is 0 Å². The molecule has 1 atom stereocenters. The van der Waals surface area contributed by atoms with Crippen molar-refractivity contribution in [1.29, 1.82) is 0 Å². The number of benzene rings is 1. The Morgan fingerprint density at radius 2 is 2.35 bits per heavy atom. The van der Waals surface area contributed by atoms with Gasteiger partial charge in [0.25, 0.3) is 5.91 Å². The van der Waals surface area contributed by atoms with E-state index >= 15 is 0 Å². The molecule has 1 saturated heterocycles. The molecule has 0 radical (unpaired) electrons. The third-order valence-electron chi connectivity index (χ3n) is 3.49. The summed E-state index contributed by atoms with van der Waals surface area (Å²) in [6.45, 7) is 3.86. The fourth-order valence-corrected chi connectivity index (χ4v) is 2.24. The van der Waals surface area contributed by atoms with Crippen LogP contribution in [-0.2, 0) is 9.47 Å². The first kappa shape index (κ1) is 14.9. The molecule has 5 heteroatoms. The Bertz CT molecular complexity index is 478. The van der Waals surface area contributed by atoms with Crippen molar-refractivity contribution < 1.29 is 18.7 Å². The third kappa shape index (κ3) is 3.55. The van der Waals surface area contributed by atoms with Gasteiger partial charge >= 0.3 is 0 Å². The lowest BCUT2D eigenvalue weighted by atomic mass is 10.1. The maximum absolute atomic E-state index is 13.5. The van der Waals surface area contributed by atoms with Crippen LogP contribution in [0.15, 0.2) is 18.2 Å². The number of halogens is 1. The van der Waals surface area contributed by atoms with Crippen LogP contribution < -0.4 is 0 Å². The Hall–Kier alpha value is -1.46. The molecule has 20 heavy (non-hydrogen) atoms. The van der Waals surface area contributed by atoms with Crippen LogP contribution in [0.5, 0.6) is 0 Å². The molecule has 1 fully saturated rings. The van der Waals surface area contributed by atoms with Gasteiger partial charge in [-0.25, -0.2) is 4.39 Å². The summed E-state index contributed by atoms with van der Waals surface area (Å²) in [6.07, 6.45) is 0.741. The van der Waals surface area contributed by atoms with Crippen molar-refractivity contribution in [3.63, 3.8) is 0 Å². The van der Waals surface area contributed by atoms with E-state index in [4.69, 9.17) is 9.47 Å². The minimum absolute atomic E-state index is 0.0112. The summed E-state index contributed by atoms with van der Waals surface area (Å²) in [5.74, 6) is -0.491. The summed E-state index contributed by atoms with van der Waals surface area (Å²) < 4.78 is 24.1. The van der Waals surface area contributed by atoms with Crippen molar-refractivity contribution in [2.75, 3.05) is 33.4 Å². The van der Waals surface area contributed by atoms with Gasteiger partial charge in [0.2, 0.25) is 0 Å². The van der Waals surface area contributed by atoms with Crippen molar-refractivity contribution in [1.82, 2.24) is 4.90 Å². The van der Waals surface area contributed by atoms with Crippen LogP contribution in [-0.4, -0.2) is 50.3 Å². The number of carbonyl (C=O) groups is 1. The van der Waals surface area contributed by atoms with Gasteiger partial charge in [-0.05, 0) is 31.0 Å². The second kappa shape index (κ2) is 6.81. The molecule has 0 unspecified atom stereocenters. The SMILES string of the molecule is COCC[C@@H]1CN(C(=O)c2ccc(C)c(F)c2)CCO1. The molecule has 0 aromatic heterocycles. The van der Waals surface area contributed by atoms with Crippen LogP contribution in [0.25, 0.3) is 0 Å². The van der Waals surface area contributed by atoms with Gasteiger partial charge in [0, 0.05) is 32.4 Å². The van der Waals surface area contributed by atoms with Gasteiger partial charge < -0.3 is 14.4 Å². The zero-order valence-electron chi connectivity index (χ0n) is 11.9. The molecule has 4 nitrogen and oxygen atoms in total. The Morgan fingerprint density at radius 3 is 3.05 bits per heavy atom. The van der Waals surface area contributed by atoms with Crippen molar-refractivity contribution in [2.45, 2.75) is 19.4 Å². The number of hydrogen-bond donors (Lipinski definition) is 0. The van der Waals surface area contributed by atoms with Crippen molar-refractivity contribution in [3.8, 4) is 0 Å². The molecular formula is C15H20FNO3. The minimum Gasteiger partial charge on any atom is -0.385 e. The van der Waals surface area contributed by atoms with Gasteiger partial charge in [0.05, 0.1) is 12.7 Å². The number of ether oxygens (including phenoxy) is 2. The monoisotopic (exact) mass is 281 g/mol. The summed E-state index contributed by atoms with van der Waals surface area (Å²) >= 11 is 0. The van der Waals surface area contributed by atoms with Gasteiger partial charge in [0.15, 0.2) is 0 Å². The van der Waals surface area contributed by atoms with E-state index in [-0.39, 0.29) is 17.8 Å². The highest BCUT2D eigenvalue weighted by Gasteiger charge is 2.25. The van der Waals surface area contributed by atoms with E-state index in [1.54, 1.807) is 31.1 Å². The number of aryl methyl sites for hydroxylation is 1. The minimum atomic E-state index is -0.347. The quantitative estimate of drug-likeness (QED) is 0.847. The van der Waals surface area contributed by atoms with Crippen LogP contribution in [0, 0.1) is 12.7 Å². The summed E-state index contributed by atoms with van der Waals surface area (Å²) in [4.78, 5) is 14.1. The summed E-state index contributed by atoms with van der Waals surface area (Å²) in [5, 5.41) is 0. The average Bonchev–Trinajstić information content (AvgIpc) is 2.47. The smallest absolute Gasteiger partial charge is 0.254 e. The number of nitrogens with zero attached hydrogens (tertiary/aromatic N) is 1. The highest BCUT2D eigenvalue weighted by molar-refractivity contribution is 5.94. The highest BCUT2D eigenvalue weighted by atomic mass is 19.1. The molecular weight excluding hydrogens is 261 g/mol. The first-order chi connectivity index (χ1) is 9.61. The molecule has 110 valence electrons. The first-order valence-electron chi connectivity index (χ1n) is 6.77. The topological polar surface area (TPSA) is 38.8 Å². The second-order valence-electron chi connectivity index (χ2n) is 4.99. The molecule has 0 N–H and O–H groups in total. The van der Waals surface area contributed by atoms with E-state index < -0.39 is 0 Å². The molecule has 1 heterocycles. The van der Waals surface area contributed by atoms with Gasteiger partial charge in [-0.3, -0.25) is 4.79 Å². The Morgan fingerprint density at radius 1 is 1.55 bits per heavy atom. The largest absolute Gasteiger partial charge is 0.385 e. The molecule has 2 rings (SSSR count). The van der Waals surface area contributed by atoms with Gasteiger partial charge in [-0.1, -0.05) is 6.07 Å². The fraction of sp³-hybridized carbons (Fsp3) is 0.533. The molecule has 1 amide bonds. The number of carbonyl (C=O) groups excluding carboxylic acids is 1. The standard InChI is InChI=1S/C15H20FNO3/c1-11-3-4-12(9-14(11)16)15(18)17-6-8-20-13(10-17)5-7-19-2/h3-4,9,13H,5-8,10H2,1-2H3/t13-/m1/s1. The molecule has 0 aliphatic carbocycles. The summed E-state index contributed by atoms with van der Waals surface area (Å²) in [5.41, 5.74) is 0.932. The average molecular weight is 281 g/mol. The maximum atomic E-state index is 13.5. The van der Waals surface area contributed by atoms with E-state index in [0.717, 1.165) is 6.42 Å². The third-order valence-corrected chi connectivity index (χ3v) is 3.49. The molecule has 1 aliphatic rings. The van der Waals surface area contributed by atoms with Crippen LogP contribution in [0.4, 0.5) is 4.39 Å². The van der Waals surface area contributed by atoms with Crippen molar-refractivity contribution in [3.05, 3.63) is 35.1 Å². The van der Waals surface area contributed by atoms with E-state index in [1.165, 1.54) is 6.07 Å². The lowest BCUT2D eigenvalue weighted by Crippen LogP contribution is -2.46. The van der Waals surface area contributed by atoms with E-state index in [0.29, 0.717) is 37.4 Å². The zero-order chi connectivity index (χ0) is 14.5. The Kier molecular flexibility index (Phi) is 5.09. The number of amides is 1. The molecule has 0 saturated carbocycles. The lowest BCUT2D eigenvalue weighted by molar-refractivity contribution is -0.0332. The molecule has 0 spiro atoms. The maximum Gasteiger partial charge on any atom is 0.254 e. The lowest BCUT2D eigenvalue weighted by Gasteiger charge is -2.33. The van der Waals surface area contributed by atoms with Crippen LogP contribution in [0.3, 0.4) is 0 Å². The molecule has 1 aliphatic heterocycles.